The maximum atomic E-state index is 10.9. The van der Waals surface area contributed by atoms with Gasteiger partial charge in [-0.25, -0.2) is 0 Å². The van der Waals surface area contributed by atoms with Crippen LogP contribution in [0.2, 0.25) is 0 Å². The molecule has 100 valence electrons. The van der Waals surface area contributed by atoms with E-state index in [1.165, 1.54) is 12.1 Å². The lowest BCUT2D eigenvalue weighted by atomic mass is 10.1. The van der Waals surface area contributed by atoms with E-state index in [0.29, 0.717) is 28.7 Å². The van der Waals surface area contributed by atoms with Crippen LogP contribution in [-0.2, 0) is 13.2 Å². The summed E-state index contributed by atoms with van der Waals surface area (Å²) < 4.78 is 20.2. The first-order valence-corrected chi connectivity index (χ1v) is 5.94. The van der Waals surface area contributed by atoms with Gasteiger partial charge in [-0.1, -0.05) is 30.2 Å². The second-order valence-electron chi connectivity index (χ2n) is 4.15. The standard InChI is InChI=1S/C17H14O3/c1-2-13-6-16(11-19)9-17(8-13)20-12-15-5-3-4-14(7-15)10-18/h1,3-9,11,18H,10,12H2/i10D2. The molecule has 0 spiro atoms. The Bertz CT molecular complexity index is 727. The fourth-order valence-corrected chi connectivity index (χ4v) is 1.75. The third-order valence-corrected chi connectivity index (χ3v) is 2.69. The summed E-state index contributed by atoms with van der Waals surface area (Å²) in [5, 5.41) is 9.37. The van der Waals surface area contributed by atoms with E-state index >= 15 is 0 Å². The van der Waals surface area contributed by atoms with Crippen molar-refractivity contribution in [1.82, 2.24) is 0 Å². The van der Waals surface area contributed by atoms with E-state index in [-0.39, 0.29) is 12.2 Å². The Labute approximate surface area is 120 Å². The molecule has 2 aromatic carbocycles. The zero-order valence-electron chi connectivity index (χ0n) is 12.7. The van der Waals surface area contributed by atoms with Crippen molar-refractivity contribution >= 4 is 6.29 Å². The highest BCUT2D eigenvalue weighted by molar-refractivity contribution is 5.76. The van der Waals surface area contributed by atoms with Crippen LogP contribution < -0.4 is 4.74 Å². The molecule has 0 saturated heterocycles. The summed E-state index contributed by atoms with van der Waals surface area (Å²) in [6, 6.07) is 11.2. The molecule has 0 saturated carbocycles. The van der Waals surface area contributed by atoms with E-state index in [2.05, 4.69) is 5.92 Å². The van der Waals surface area contributed by atoms with Gasteiger partial charge in [0.05, 0.1) is 9.30 Å². The van der Waals surface area contributed by atoms with Gasteiger partial charge in [0, 0.05) is 11.1 Å². The number of aldehydes is 1. The third kappa shape index (κ3) is 3.47. The lowest BCUT2D eigenvalue weighted by molar-refractivity contribution is 0.112. The fraction of sp³-hybridized carbons (Fsp3) is 0.118. The molecule has 3 heteroatoms. The molecule has 20 heavy (non-hydrogen) atoms. The van der Waals surface area contributed by atoms with Crippen molar-refractivity contribution in [2.75, 3.05) is 0 Å². The number of ether oxygens (including phenoxy) is 1. The summed E-state index contributed by atoms with van der Waals surface area (Å²) in [5.41, 5.74) is 1.81. The Kier molecular flexibility index (Phi) is 3.69. The molecule has 0 aliphatic carbocycles. The summed E-state index contributed by atoms with van der Waals surface area (Å²) in [7, 11) is 0. The molecule has 0 heterocycles. The van der Waals surface area contributed by atoms with Crippen LogP contribution in [0.1, 0.15) is 29.8 Å². The van der Waals surface area contributed by atoms with Crippen LogP contribution in [0.15, 0.2) is 42.5 Å². The van der Waals surface area contributed by atoms with Crippen molar-refractivity contribution in [1.29, 1.82) is 0 Å². The van der Waals surface area contributed by atoms with Crippen LogP contribution in [0, 0.1) is 12.3 Å². The zero-order chi connectivity index (χ0) is 16.2. The number of hydrogen-bond acceptors (Lipinski definition) is 3. The smallest absolute Gasteiger partial charge is 0.150 e. The fourth-order valence-electron chi connectivity index (χ4n) is 1.75. The lowest BCUT2D eigenvalue weighted by Gasteiger charge is -2.08. The van der Waals surface area contributed by atoms with Gasteiger partial charge in [-0.2, -0.15) is 0 Å². The molecule has 3 nitrogen and oxygen atoms in total. The van der Waals surface area contributed by atoms with Crippen molar-refractivity contribution in [3.05, 3.63) is 64.7 Å². The van der Waals surface area contributed by atoms with Crippen LogP contribution in [0.5, 0.6) is 5.75 Å². The molecule has 0 aliphatic rings. The number of carbonyl (C=O) groups excluding carboxylic acids is 1. The summed E-state index contributed by atoms with van der Waals surface area (Å²) in [6.07, 6.45) is 6.02. The van der Waals surface area contributed by atoms with E-state index in [9.17, 15) is 9.90 Å². The van der Waals surface area contributed by atoms with Crippen LogP contribution in [0.4, 0.5) is 0 Å². The number of hydrogen-bond donors (Lipinski definition) is 1. The molecule has 0 atom stereocenters. The average Bonchev–Trinajstić information content (AvgIpc) is 2.52. The molecule has 0 aromatic heterocycles. The largest absolute Gasteiger partial charge is 0.489 e. The van der Waals surface area contributed by atoms with Gasteiger partial charge in [-0.15, -0.1) is 6.42 Å². The zero-order valence-corrected chi connectivity index (χ0v) is 10.7. The molecule has 0 aliphatic heterocycles. The number of aliphatic hydroxyl groups is 1. The van der Waals surface area contributed by atoms with E-state index in [0.717, 1.165) is 0 Å². The molecule has 0 unspecified atom stereocenters. The van der Waals surface area contributed by atoms with Gasteiger partial charge in [0.25, 0.3) is 0 Å². The molecule has 0 bridgehead atoms. The molecule has 0 fully saturated rings. The minimum absolute atomic E-state index is 0.152. The number of carbonyl (C=O) groups is 1. The van der Waals surface area contributed by atoms with Gasteiger partial charge in [0.2, 0.25) is 0 Å². The highest BCUT2D eigenvalue weighted by Gasteiger charge is 2.02. The van der Waals surface area contributed by atoms with Gasteiger partial charge in [-0.3, -0.25) is 4.79 Å². The highest BCUT2D eigenvalue weighted by Crippen LogP contribution is 2.18. The SMILES string of the molecule is [2H]C([2H])(O)c1cccc(COc2cc(C#C)cc(C=O)c2)c1. The quantitative estimate of drug-likeness (QED) is 0.669. The van der Waals surface area contributed by atoms with Crippen molar-refractivity contribution < 1.29 is 17.4 Å². The third-order valence-electron chi connectivity index (χ3n) is 2.69. The predicted molar refractivity (Wildman–Crippen MR) is 76.5 cm³/mol. The summed E-state index contributed by atoms with van der Waals surface area (Å²) in [6.45, 7) is -2.24. The molecule has 0 amide bonds. The Balaban J connectivity index is 2.17. The van der Waals surface area contributed by atoms with Gasteiger partial charge in [-0.05, 0) is 29.3 Å². The average molecular weight is 268 g/mol. The van der Waals surface area contributed by atoms with Crippen molar-refractivity contribution in [2.24, 2.45) is 0 Å². The van der Waals surface area contributed by atoms with Crippen molar-refractivity contribution in [2.45, 2.75) is 13.2 Å². The maximum Gasteiger partial charge on any atom is 0.150 e. The van der Waals surface area contributed by atoms with Gasteiger partial charge in [0.1, 0.15) is 18.6 Å². The Morgan fingerprint density at radius 3 is 2.80 bits per heavy atom. The van der Waals surface area contributed by atoms with E-state index in [1.807, 2.05) is 0 Å². The van der Waals surface area contributed by atoms with Crippen molar-refractivity contribution in [3.8, 4) is 18.1 Å². The van der Waals surface area contributed by atoms with Gasteiger partial charge in [0.15, 0.2) is 0 Å². The summed E-state index contributed by atoms with van der Waals surface area (Å²) in [5.74, 6) is 2.90. The van der Waals surface area contributed by atoms with Crippen LogP contribution in [-0.4, -0.2) is 11.4 Å². The van der Waals surface area contributed by atoms with Crippen LogP contribution in [0.25, 0.3) is 0 Å². The molecular weight excluding hydrogens is 252 g/mol. The summed E-state index contributed by atoms with van der Waals surface area (Å²) in [4.78, 5) is 10.9. The minimum Gasteiger partial charge on any atom is -0.489 e. The molecule has 0 radical (unpaired) electrons. The van der Waals surface area contributed by atoms with E-state index < -0.39 is 6.56 Å². The topological polar surface area (TPSA) is 46.5 Å². The van der Waals surface area contributed by atoms with E-state index in [1.54, 1.807) is 30.3 Å². The van der Waals surface area contributed by atoms with Crippen LogP contribution in [0.3, 0.4) is 0 Å². The second-order valence-corrected chi connectivity index (χ2v) is 4.15. The minimum atomic E-state index is -2.40. The van der Waals surface area contributed by atoms with Gasteiger partial charge < -0.3 is 9.84 Å². The molecule has 2 rings (SSSR count). The second kappa shape index (κ2) is 6.55. The monoisotopic (exact) mass is 268 g/mol. The molecule has 2 aromatic rings. The molecular formula is C17H14O3. The lowest BCUT2D eigenvalue weighted by Crippen LogP contribution is -1.98. The summed E-state index contributed by atoms with van der Waals surface area (Å²) >= 11 is 0. The Morgan fingerprint density at radius 1 is 1.30 bits per heavy atom. The van der Waals surface area contributed by atoms with E-state index in [4.69, 9.17) is 13.9 Å². The first kappa shape index (κ1) is 11.3. The Morgan fingerprint density at radius 2 is 2.10 bits per heavy atom. The first-order chi connectivity index (χ1) is 10.4. The number of benzene rings is 2. The van der Waals surface area contributed by atoms with Gasteiger partial charge >= 0.3 is 0 Å². The number of rotatable bonds is 5. The number of terminal acetylenes is 1. The normalized spacial score (nSPS) is 12.0. The predicted octanol–water partition coefficient (Wildman–Crippen LogP) is 2.55. The Hall–Kier alpha value is -2.57. The van der Waals surface area contributed by atoms with Crippen LogP contribution >= 0.6 is 0 Å². The maximum absolute atomic E-state index is 10.9. The highest BCUT2D eigenvalue weighted by atomic mass is 16.5. The first-order valence-electron chi connectivity index (χ1n) is 6.94. The molecule has 1 N–H and O–H groups in total. The van der Waals surface area contributed by atoms with Crippen molar-refractivity contribution in [3.63, 3.8) is 0 Å².